The van der Waals surface area contributed by atoms with Crippen molar-refractivity contribution in [1.82, 2.24) is 24.5 Å². The predicted octanol–water partition coefficient (Wildman–Crippen LogP) is 4.53. The molecule has 2 N–H and O–H groups in total. The summed E-state index contributed by atoms with van der Waals surface area (Å²) in [7, 11) is 1.88. The first kappa shape index (κ1) is 16.4. The highest BCUT2D eigenvalue weighted by atomic mass is 19.2. The molecular weight excluding hydrogens is 362 g/mol. The number of hydrogen-bond acceptors (Lipinski definition) is 4. The molecule has 0 aliphatic carbocycles. The van der Waals surface area contributed by atoms with Crippen LogP contribution >= 0.6 is 0 Å². The van der Waals surface area contributed by atoms with Crippen LogP contribution in [-0.2, 0) is 7.05 Å². The van der Waals surface area contributed by atoms with Gasteiger partial charge in [0, 0.05) is 30.6 Å². The molecule has 6 nitrogen and oxygen atoms in total. The van der Waals surface area contributed by atoms with Gasteiger partial charge >= 0.3 is 0 Å². The fraction of sp³-hybridized carbons (Fsp3) is 0.0500. The van der Waals surface area contributed by atoms with Gasteiger partial charge in [0.1, 0.15) is 23.6 Å². The lowest BCUT2D eigenvalue weighted by Crippen LogP contribution is -1.98. The summed E-state index contributed by atoms with van der Waals surface area (Å²) in [4.78, 5) is 16.6. The van der Waals surface area contributed by atoms with Crippen molar-refractivity contribution in [2.75, 3.05) is 5.32 Å². The van der Waals surface area contributed by atoms with Crippen LogP contribution in [0.15, 0.2) is 55.0 Å². The molecule has 138 valence electrons. The number of rotatable bonds is 3. The first-order valence-corrected chi connectivity index (χ1v) is 8.57. The zero-order valence-corrected chi connectivity index (χ0v) is 14.7. The number of nitrogens with zero attached hydrogens (tertiary/aromatic N) is 4. The van der Waals surface area contributed by atoms with Gasteiger partial charge in [0.2, 0.25) is 0 Å². The number of benzene rings is 2. The molecule has 3 heterocycles. The van der Waals surface area contributed by atoms with E-state index in [9.17, 15) is 8.78 Å². The van der Waals surface area contributed by atoms with Crippen molar-refractivity contribution in [3.8, 4) is 11.4 Å². The summed E-state index contributed by atoms with van der Waals surface area (Å²) in [5, 5.41) is 3.79. The average molecular weight is 376 g/mol. The zero-order valence-electron chi connectivity index (χ0n) is 14.7. The van der Waals surface area contributed by atoms with Gasteiger partial charge in [0.05, 0.1) is 16.4 Å². The third kappa shape index (κ3) is 2.58. The van der Waals surface area contributed by atoms with Crippen molar-refractivity contribution in [3.05, 3.63) is 66.6 Å². The summed E-state index contributed by atoms with van der Waals surface area (Å²) >= 11 is 0. The average Bonchev–Trinajstić information content (AvgIpc) is 3.27. The number of aryl methyl sites for hydroxylation is 1. The second kappa shape index (κ2) is 6.12. The Morgan fingerprint density at radius 2 is 1.89 bits per heavy atom. The normalized spacial score (nSPS) is 11.4. The number of anilines is 2. The molecule has 0 spiro atoms. The number of H-pyrrole nitrogens is 1. The van der Waals surface area contributed by atoms with E-state index in [1.807, 2.05) is 42.1 Å². The van der Waals surface area contributed by atoms with Gasteiger partial charge in [-0.1, -0.05) is 12.1 Å². The van der Waals surface area contributed by atoms with Crippen molar-refractivity contribution in [2.24, 2.45) is 7.05 Å². The smallest absolute Gasteiger partial charge is 0.160 e. The maximum Gasteiger partial charge on any atom is 0.160 e. The van der Waals surface area contributed by atoms with E-state index in [0.717, 1.165) is 34.1 Å². The number of halogens is 2. The lowest BCUT2D eigenvalue weighted by Gasteiger charge is -2.08. The number of hydrogen-bond donors (Lipinski definition) is 2. The highest BCUT2D eigenvalue weighted by molar-refractivity contribution is 6.01. The fourth-order valence-corrected chi connectivity index (χ4v) is 3.28. The molecule has 5 rings (SSSR count). The Morgan fingerprint density at radius 3 is 2.71 bits per heavy atom. The molecule has 0 radical (unpaired) electrons. The molecule has 8 heteroatoms. The van der Waals surface area contributed by atoms with Gasteiger partial charge in [-0.3, -0.25) is 0 Å². The topological polar surface area (TPSA) is 71.4 Å². The third-order valence-corrected chi connectivity index (χ3v) is 4.58. The van der Waals surface area contributed by atoms with E-state index in [0.29, 0.717) is 23.0 Å². The summed E-state index contributed by atoms with van der Waals surface area (Å²) in [6.07, 6.45) is 3.33. The van der Waals surface area contributed by atoms with Crippen LogP contribution < -0.4 is 5.32 Å². The third-order valence-electron chi connectivity index (χ3n) is 4.58. The van der Waals surface area contributed by atoms with Crippen LogP contribution in [0.3, 0.4) is 0 Å². The number of para-hydroxylation sites is 2. The van der Waals surface area contributed by atoms with Crippen LogP contribution in [0, 0.1) is 11.6 Å². The van der Waals surface area contributed by atoms with Crippen molar-refractivity contribution >= 4 is 33.6 Å². The Bertz CT molecular complexity index is 1300. The Labute approximate surface area is 157 Å². The van der Waals surface area contributed by atoms with Gasteiger partial charge in [-0.15, -0.1) is 0 Å². The molecule has 0 aliphatic rings. The molecule has 0 saturated carbocycles. The number of fused-ring (bicyclic) bond motifs is 2. The molecular formula is C20H14F2N6. The largest absolute Gasteiger partial charge is 0.339 e. The van der Waals surface area contributed by atoms with Crippen LogP contribution in [0.1, 0.15) is 0 Å². The summed E-state index contributed by atoms with van der Waals surface area (Å²) in [6.45, 7) is 0. The van der Waals surface area contributed by atoms with Crippen molar-refractivity contribution in [1.29, 1.82) is 0 Å². The van der Waals surface area contributed by atoms with Crippen LogP contribution in [0.25, 0.3) is 33.5 Å². The van der Waals surface area contributed by atoms with Crippen molar-refractivity contribution in [2.45, 2.75) is 0 Å². The first-order chi connectivity index (χ1) is 13.6. The van der Waals surface area contributed by atoms with E-state index in [2.05, 4.69) is 25.3 Å². The predicted molar refractivity (Wildman–Crippen MR) is 103 cm³/mol. The molecule has 0 unspecified atom stereocenters. The van der Waals surface area contributed by atoms with Gasteiger partial charge < -0.3 is 14.9 Å². The number of aromatic amines is 1. The van der Waals surface area contributed by atoms with E-state index in [4.69, 9.17) is 0 Å². The van der Waals surface area contributed by atoms with Crippen molar-refractivity contribution in [3.63, 3.8) is 0 Å². The summed E-state index contributed by atoms with van der Waals surface area (Å²) in [6, 6.07) is 11.4. The monoisotopic (exact) mass is 376 g/mol. The maximum atomic E-state index is 13.6. The quantitative estimate of drug-likeness (QED) is 0.485. The number of aromatic nitrogens is 5. The molecule has 0 atom stereocenters. The van der Waals surface area contributed by atoms with Gasteiger partial charge in [0.15, 0.2) is 11.6 Å². The summed E-state index contributed by atoms with van der Waals surface area (Å²) in [5.41, 5.74) is 3.65. The van der Waals surface area contributed by atoms with Crippen LogP contribution in [-0.4, -0.2) is 24.5 Å². The van der Waals surface area contributed by atoms with Crippen molar-refractivity contribution < 1.29 is 8.78 Å². The Balaban J connectivity index is 1.69. The summed E-state index contributed by atoms with van der Waals surface area (Å²) in [5.74, 6) is -0.677. The molecule has 5 aromatic rings. The second-order valence-corrected chi connectivity index (χ2v) is 6.43. The first-order valence-electron chi connectivity index (χ1n) is 8.57. The van der Waals surface area contributed by atoms with Gasteiger partial charge in [0.25, 0.3) is 0 Å². The van der Waals surface area contributed by atoms with E-state index in [1.165, 1.54) is 12.4 Å². The Hall–Kier alpha value is -3.81. The second-order valence-electron chi connectivity index (χ2n) is 6.43. The molecule has 28 heavy (non-hydrogen) atoms. The highest BCUT2D eigenvalue weighted by Gasteiger charge is 2.18. The maximum absolute atomic E-state index is 13.6. The van der Waals surface area contributed by atoms with E-state index in [-0.39, 0.29) is 0 Å². The lowest BCUT2D eigenvalue weighted by atomic mass is 10.2. The fourth-order valence-electron chi connectivity index (χ4n) is 3.28. The van der Waals surface area contributed by atoms with Gasteiger partial charge in [-0.25, -0.2) is 23.7 Å². The van der Waals surface area contributed by atoms with E-state index < -0.39 is 11.6 Å². The molecule has 0 amide bonds. The van der Waals surface area contributed by atoms with Crippen LogP contribution in [0.5, 0.6) is 0 Å². The Kier molecular flexibility index (Phi) is 3.58. The summed E-state index contributed by atoms with van der Waals surface area (Å²) < 4.78 is 28.7. The van der Waals surface area contributed by atoms with Gasteiger partial charge in [-0.2, -0.15) is 0 Å². The number of imidazole rings is 1. The zero-order chi connectivity index (χ0) is 19.3. The van der Waals surface area contributed by atoms with Crippen LogP contribution in [0.2, 0.25) is 0 Å². The van der Waals surface area contributed by atoms with E-state index >= 15 is 0 Å². The minimum Gasteiger partial charge on any atom is -0.339 e. The molecule has 0 fully saturated rings. The van der Waals surface area contributed by atoms with Gasteiger partial charge in [-0.05, 0) is 24.3 Å². The highest BCUT2D eigenvalue weighted by Crippen LogP contribution is 2.34. The standard InChI is InChI=1S/C20H14F2N6/c1-28-9-12(18-26-15-4-2-3-5-16(15)27-18)17-19(23-10-24-20(17)28)25-11-6-7-13(21)14(22)8-11/h2-10H,1H3,(H,26,27)(H,23,24,25). The molecule has 0 saturated heterocycles. The minimum atomic E-state index is -0.930. The van der Waals surface area contributed by atoms with E-state index in [1.54, 1.807) is 0 Å². The molecule has 3 aromatic heterocycles. The lowest BCUT2D eigenvalue weighted by molar-refractivity contribution is 0.509. The molecule has 0 aliphatic heterocycles. The number of nitrogens with one attached hydrogen (secondary N) is 2. The molecule has 2 aromatic carbocycles. The Morgan fingerprint density at radius 1 is 1.04 bits per heavy atom. The molecule has 0 bridgehead atoms. The minimum absolute atomic E-state index is 0.387. The van der Waals surface area contributed by atoms with Crippen LogP contribution in [0.4, 0.5) is 20.3 Å². The SMILES string of the molecule is Cn1cc(-c2nc3ccccc3[nH]2)c2c(Nc3ccc(F)c(F)c3)ncnc21.